The average Bonchev–Trinajstić information content (AvgIpc) is 3.78. The summed E-state index contributed by atoms with van der Waals surface area (Å²) >= 11 is 0.963. The number of amidine groups is 1. The zero-order chi connectivity index (χ0) is 43.2. The van der Waals surface area contributed by atoms with Crippen molar-refractivity contribution >= 4 is 46.2 Å². The minimum absolute atomic E-state index is 0.0792. The van der Waals surface area contributed by atoms with E-state index in [4.69, 9.17) is 29.3 Å². The Kier molecular flexibility index (Phi) is 15.9. The number of amides is 2. The first-order valence-corrected chi connectivity index (χ1v) is 19.3. The number of aryl methyl sites for hydroxylation is 2. The topological polar surface area (TPSA) is 236 Å². The molecular weight excluding hydrogens is 785 g/mol. The first kappa shape index (κ1) is 45.1. The summed E-state index contributed by atoms with van der Waals surface area (Å²) in [7, 11) is 3.50. The number of oxime groups is 1. The van der Waals surface area contributed by atoms with E-state index in [1.807, 2.05) is 73.8 Å². The molecule has 0 bridgehead atoms. The van der Waals surface area contributed by atoms with Crippen molar-refractivity contribution in [2.24, 2.45) is 22.4 Å². The molecule has 0 radical (unpaired) electrons. The number of methoxy groups -OCH3 is 1. The van der Waals surface area contributed by atoms with Gasteiger partial charge >= 0.3 is 18.2 Å². The largest absolute Gasteiger partial charge is 0.497 e. The fourth-order valence-corrected chi connectivity index (χ4v) is 5.69. The molecule has 2 aromatic carbocycles. The van der Waals surface area contributed by atoms with E-state index < -0.39 is 41.2 Å². The highest BCUT2D eigenvalue weighted by molar-refractivity contribution is 7.14. The maximum absolute atomic E-state index is 12.3. The molecule has 19 nitrogen and oxygen atoms in total. The van der Waals surface area contributed by atoms with Crippen LogP contribution in [0.4, 0.5) is 14.7 Å². The van der Waals surface area contributed by atoms with Gasteiger partial charge in [0, 0.05) is 11.9 Å². The number of alkyl carbamates (subject to hydrolysis) is 1. The summed E-state index contributed by atoms with van der Waals surface area (Å²) in [6.45, 7) is 11.7. The molecule has 1 unspecified atom stereocenters. The van der Waals surface area contributed by atoms with Crippen molar-refractivity contribution in [2.45, 2.75) is 78.4 Å². The second-order valence-corrected chi connectivity index (χ2v) is 15.7. The lowest BCUT2D eigenvalue weighted by Gasteiger charge is -2.19. The molecule has 0 spiro atoms. The van der Waals surface area contributed by atoms with Crippen molar-refractivity contribution in [3.63, 3.8) is 0 Å². The van der Waals surface area contributed by atoms with Crippen molar-refractivity contribution in [1.29, 1.82) is 5.53 Å². The number of benzene rings is 2. The number of aliphatic carboxylic acids is 1. The van der Waals surface area contributed by atoms with Crippen LogP contribution in [0.25, 0.3) is 11.1 Å². The Hall–Kier alpha value is -6.57. The number of carbonyl (C=O) groups excluding carboxylic acids is 2. The molecule has 0 saturated carbocycles. The van der Waals surface area contributed by atoms with Gasteiger partial charge in [0.1, 0.15) is 35.0 Å². The second-order valence-electron chi connectivity index (χ2n) is 14.8. The zero-order valence-electron chi connectivity index (χ0n) is 34.3. The molecule has 0 aliphatic heterocycles. The third-order valence-corrected chi connectivity index (χ3v) is 8.47. The molecule has 0 fully saturated rings. The molecular formula is C39H51N10O9S+. The lowest BCUT2D eigenvalue weighted by molar-refractivity contribution is -0.753. The molecule has 59 heavy (non-hydrogen) atoms. The van der Waals surface area contributed by atoms with Crippen LogP contribution in [-0.2, 0) is 39.2 Å². The third-order valence-electron chi connectivity index (χ3n) is 7.71. The lowest BCUT2D eigenvalue weighted by Crippen LogP contribution is -2.39. The highest BCUT2D eigenvalue weighted by Crippen LogP contribution is 2.23. The van der Waals surface area contributed by atoms with Gasteiger partial charge in [0.05, 0.1) is 32.0 Å². The fraction of sp³-hybridized carbons (Fsp3) is 0.410. The van der Waals surface area contributed by atoms with E-state index >= 15 is 0 Å². The normalized spacial score (nSPS) is 12.5. The van der Waals surface area contributed by atoms with Crippen LogP contribution in [0.15, 0.2) is 81.7 Å². The van der Waals surface area contributed by atoms with E-state index in [-0.39, 0.29) is 29.8 Å². The van der Waals surface area contributed by atoms with Gasteiger partial charge < -0.3 is 39.6 Å². The van der Waals surface area contributed by atoms with Gasteiger partial charge in [-0.2, -0.15) is 9.78 Å². The van der Waals surface area contributed by atoms with Crippen molar-refractivity contribution < 1.29 is 48.0 Å². The molecule has 4 rings (SSSR count). The summed E-state index contributed by atoms with van der Waals surface area (Å²) < 4.78 is 25.7. The summed E-state index contributed by atoms with van der Waals surface area (Å²) in [5, 5.41) is 28.3. The van der Waals surface area contributed by atoms with E-state index in [1.165, 1.54) is 5.38 Å². The zero-order valence-corrected chi connectivity index (χ0v) is 35.1. The van der Waals surface area contributed by atoms with Crippen LogP contribution in [0.2, 0.25) is 0 Å². The summed E-state index contributed by atoms with van der Waals surface area (Å²) in [5.41, 5.74) is 11.4. The van der Waals surface area contributed by atoms with Crippen LogP contribution in [0.5, 0.6) is 11.5 Å². The van der Waals surface area contributed by atoms with E-state index in [0.29, 0.717) is 31.0 Å². The van der Waals surface area contributed by atoms with Crippen molar-refractivity contribution in [1.82, 2.24) is 20.4 Å². The number of nitrogens with zero attached hydrogens (tertiary/aromatic N) is 6. The number of hydrogen-bond donors (Lipinski definition) is 5. The van der Waals surface area contributed by atoms with Crippen LogP contribution >= 0.6 is 11.3 Å². The Morgan fingerprint density at radius 2 is 1.63 bits per heavy atom. The summed E-state index contributed by atoms with van der Waals surface area (Å²) in [6.07, 6.45) is 2.20. The molecule has 1 atom stereocenters. The van der Waals surface area contributed by atoms with Gasteiger partial charge in [0.2, 0.25) is 23.8 Å². The number of aromatic nitrogens is 3. The molecule has 5 N–H and O–H groups in total. The minimum atomic E-state index is -1.46. The Morgan fingerprint density at radius 1 is 0.966 bits per heavy atom. The Bertz CT molecular complexity index is 2100. The number of hydrogen-bond acceptors (Lipinski definition) is 14. The van der Waals surface area contributed by atoms with Gasteiger partial charge in [-0.3, -0.25) is 5.32 Å². The number of rotatable bonds is 18. The van der Waals surface area contributed by atoms with Crippen LogP contribution < -0.4 is 30.2 Å². The molecule has 20 heteroatoms. The lowest BCUT2D eigenvalue weighted by atomic mass is 10.1. The predicted molar refractivity (Wildman–Crippen MR) is 219 cm³/mol. The van der Waals surface area contributed by atoms with Crippen LogP contribution in [0.3, 0.4) is 0 Å². The summed E-state index contributed by atoms with van der Waals surface area (Å²) in [5.74, 6) is -0.529. The molecule has 2 heterocycles. The van der Waals surface area contributed by atoms with Gasteiger partial charge in [0.15, 0.2) is 12.2 Å². The molecule has 2 aromatic heterocycles. The van der Waals surface area contributed by atoms with Crippen LogP contribution in [0, 0.1) is 5.53 Å². The third kappa shape index (κ3) is 15.0. The highest BCUT2D eigenvalue weighted by atomic mass is 32.1. The predicted octanol–water partition coefficient (Wildman–Crippen LogP) is 6.09. The molecule has 4 aromatic rings. The molecule has 0 saturated heterocycles. The van der Waals surface area contributed by atoms with E-state index in [0.717, 1.165) is 28.0 Å². The van der Waals surface area contributed by atoms with Gasteiger partial charge in [-0.15, -0.1) is 21.1 Å². The first-order chi connectivity index (χ1) is 27.9. The Balaban J connectivity index is 1.47. The fourth-order valence-electron chi connectivity index (χ4n) is 5.01. The smallest absolute Gasteiger partial charge is 0.413 e. The van der Waals surface area contributed by atoms with Gasteiger partial charge in [-0.1, -0.05) is 29.4 Å². The van der Waals surface area contributed by atoms with E-state index in [9.17, 15) is 19.5 Å². The summed E-state index contributed by atoms with van der Waals surface area (Å²) in [6, 6.07) is 14.5. The molecule has 0 aliphatic rings. The number of carboxylic acid groups (broad SMARTS) is 1. The summed E-state index contributed by atoms with van der Waals surface area (Å²) in [4.78, 5) is 46.3. The monoisotopic (exact) mass is 835 g/mol. The average molecular weight is 836 g/mol. The van der Waals surface area contributed by atoms with E-state index in [1.54, 1.807) is 52.1 Å². The van der Waals surface area contributed by atoms with Crippen molar-refractivity contribution in [3.8, 4) is 22.6 Å². The number of thiazole rings is 1. The standard InChI is InChI=1S/C39H50N10O9S/c1-38(2,3)56-36(52)41-18-9-19-49-22-27(21-48(49)7)26-12-16-29(17-13-26)55-23-31(33(45-40)46-42-20-25-10-14-28(54-8)15-11-25)58-47-32(34(50)51)30-24-59-35(43-30)44-37(53)57-39(4,5)6/h10-17,21-22,24,31H,9,18-20,23H2,1-8H3,(H4-,40,41,42,43,44,50,51,52,53)/p+1/b47-32-. The maximum Gasteiger partial charge on any atom is 0.413 e. The first-order valence-electron chi connectivity index (χ1n) is 18.4. The second kappa shape index (κ2) is 20.7. The SMILES string of the molecule is COc1ccc(CN/N=C(\N=N)C(COc2ccc(-c3cn(CCCNC(=O)OC(C)(C)C)[n+](C)c3)cc2)O/N=C(\C(=O)O)c2csc(NC(=O)OC(C)(C)C)n2)cc1. The van der Waals surface area contributed by atoms with Crippen LogP contribution in [-0.4, -0.2) is 82.0 Å². The van der Waals surface area contributed by atoms with Crippen molar-refractivity contribution in [3.05, 3.63) is 77.6 Å². The Labute approximate surface area is 345 Å². The highest BCUT2D eigenvalue weighted by Gasteiger charge is 2.25. The molecule has 2 amide bonds. The molecule has 0 aliphatic carbocycles. The van der Waals surface area contributed by atoms with Gasteiger partial charge in [-0.05, 0) is 83.4 Å². The number of carboxylic acids is 1. The number of nitrogens with one attached hydrogen (secondary N) is 4. The quantitative estimate of drug-likeness (QED) is 0.0192. The van der Waals surface area contributed by atoms with Gasteiger partial charge in [-0.25, -0.2) is 24.9 Å². The Morgan fingerprint density at radius 3 is 2.25 bits per heavy atom. The van der Waals surface area contributed by atoms with E-state index in [2.05, 4.69) is 36.4 Å². The number of anilines is 1. The number of hydrazone groups is 1. The number of ether oxygens (including phenoxy) is 4. The maximum atomic E-state index is 12.3. The van der Waals surface area contributed by atoms with Crippen molar-refractivity contribution in [2.75, 3.05) is 25.6 Å². The van der Waals surface area contributed by atoms with Gasteiger partial charge in [0.25, 0.3) is 0 Å². The minimum Gasteiger partial charge on any atom is -0.497 e. The number of carbonyl (C=O) groups is 3. The molecule has 316 valence electrons. The van der Waals surface area contributed by atoms with Crippen LogP contribution in [0.1, 0.15) is 59.2 Å².